The number of hydrogen-bond acceptors (Lipinski definition) is 5. The lowest BCUT2D eigenvalue weighted by Gasteiger charge is -2.36. The number of hydrogen-bond donors (Lipinski definition) is 0. The molecule has 0 bridgehead atoms. The largest absolute Gasteiger partial charge is 0.377 e. The second-order valence-corrected chi connectivity index (χ2v) is 8.42. The summed E-state index contributed by atoms with van der Waals surface area (Å²) in [5, 5.41) is 3.37. The molecule has 2 aromatic rings. The van der Waals surface area contributed by atoms with Gasteiger partial charge in [0.2, 0.25) is 0 Å². The monoisotopic (exact) mass is 373 g/mol. The van der Waals surface area contributed by atoms with Crippen molar-refractivity contribution in [1.29, 1.82) is 0 Å². The van der Waals surface area contributed by atoms with Gasteiger partial charge in [0, 0.05) is 19.3 Å². The Kier molecular flexibility index (Phi) is 7.06. The minimum atomic E-state index is 0.196. The highest BCUT2D eigenvalue weighted by Crippen LogP contribution is 2.30. The minimum absolute atomic E-state index is 0.196. The van der Waals surface area contributed by atoms with Crippen molar-refractivity contribution < 1.29 is 4.74 Å². The molecule has 142 valence electrons. The van der Waals surface area contributed by atoms with Crippen molar-refractivity contribution in [2.75, 3.05) is 31.1 Å². The third kappa shape index (κ3) is 5.06. The highest BCUT2D eigenvalue weighted by Gasteiger charge is 2.30. The average molecular weight is 374 g/mol. The number of pyridine rings is 1. The van der Waals surface area contributed by atoms with Crippen LogP contribution in [0.3, 0.4) is 0 Å². The lowest BCUT2D eigenvalue weighted by Crippen LogP contribution is -2.49. The lowest BCUT2D eigenvalue weighted by molar-refractivity contribution is -0.00585. The molecule has 1 fully saturated rings. The molecule has 0 N–H and O–H groups in total. The first kappa shape index (κ1) is 19.3. The first-order chi connectivity index (χ1) is 12.6. The SMILES string of the molecule is CC(C)COC(C)C(CN(c1ccccn1)c1cccs1)N1CCCC1. The summed E-state index contributed by atoms with van der Waals surface area (Å²) in [5.74, 6) is 1.57. The van der Waals surface area contributed by atoms with Gasteiger partial charge in [-0.15, -0.1) is 11.3 Å². The van der Waals surface area contributed by atoms with E-state index in [1.165, 1.54) is 30.9 Å². The van der Waals surface area contributed by atoms with Gasteiger partial charge in [0.05, 0.1) is 17.1 Å². The van der Waals surface area contributed by atoms with Gasteiger partial charge in [-0.1, -0.05) is 19.9 Å². The first-order valence-electron chi connectivity index (χ1n) is 9.73. The molecule has 1 aliphatic rings. The zero-order valence-corrected chi connectivity index (χ0v) is 17.0. The number of likely N-dealkylation sites (tertiary alicyclic amines) is 1. The van der Waals surface area contributed by atoms with Crippen LogP contribution in [-0.4, -0.2) is 48.3 Å². The summed E-state index contributed by atoms with van der Waals surface area (Å²) in [6, 6.07) is 10.8. The molecule has 1 saturated heterocycles. The van der Waals surface area contributed by atoms with Gasteiger partial charge < -0.3 is 9.64 Å². The van der Waals surface area contributed by atoms with Crippen LogP contribution in [0.5, 0.6) is 0 Å². The summed E-state index contributed by atoms with van der Waals surface area (Å²) in [4.78, 5) is 9.58. The third-order valence-electron chi connectivity index (χ3n) is 4.91. The van der Waals surface area contributed by atoms with Crippen LogP contribution in [0.2, 0.25) is 0 Å². The number of thiophene rings is 1. The zero-order chi connectivity index (χ0) is 18.4. The number of aromatic nitrogens is 1. The van der Waals surface area contributed by atoms with E-state index in [0.717, 1.165) is 19.0 Å². The fourth-order valence-corrected chi connectivity index (χ4v) is 4.26. The van der Waals surface area contributed by atoms with Crippen molar-refractivity contribution >= 4 is 22.2 Å². The topological polar surface area (TPSA) is 28.6 Å². The van der Waals surface area contributed by atoms with Gasteiger partial charge in [0.25, 0.3) is 0 Å². The standard InChI is InChI=1S/C21H31N3OS/c1-17(2)16-25-18(3)19(23-12-6-7-13-23)15-24(21-10-8-14-26-21)20-9-4-5-11-22-20/h4-5,8-11,14,17-19H,6-7,12-13,15-16H2,1-3H3. The van der Waals surface area contributed by atoms with E-state index >= 15 is 0 Å². The molecule has 5 heteroatoms. The van der Waals surface area contributed by atoms with E-state index in [0.29, 0.717) is 12.0 Å². The van der Waals surface area contributed by atoms with Gasteiger partial charge in [-0.05, 0) is 68.4 Å². The van der Waals surface area contributed by atoms with E-state index in [1.807, 2.05) is 12.3 Å². The maximum atomic E-state index is 6.25. The summed E-state index contributed by atoms with van der Waals surface area (Å²) < 4.78 is 6.25. The molecule has 0 spiro atoms. The number of ether oxygens (including phenoxy) is 1. The molecular weight excluding hydrogens is 342 g/mol. The number of anilines is 2. The van der Waals surface area contributed by atoms with Crippen LogP contribution >= 0.6 is 11.3 Å². The van der Waals surface area contributed by atoms with Crippen molar-refractivity contribution in [3.63, 3.8) is 0 Å². The molecule has 1 aliphatic heterocycles. The van der Waals surface area contributed by atoms with Crippen molar-refractivity contribution in [3.8, 4) is 0 Å². The van der Waals surface area contributed by atoms with Gasteiger partial charge in [-0.25, -0.2) is 4.98 Å². The molecule has 3 rings (SSSR count). The second-order valence-electron chi connectivity index (χ2n) is 7.49. The third-order valence-corrected chi connectivity index (χ3v) is 5.80. The normalized spacial score (nSPS) is 17.5. The molecule has 2 aromatic heterocycles. The van der Waals surface area contributed by atoms with E-state index in [-0.39, 0.29) is 6.10 Å². The molecule has 2 atom stereocenters. The second kappa shape index (κ2) is 9.49. The molecule has 0 amide bonds. The number of nitrogens with zero attached hydrogens (tertiary/aromatic N) is 3. The Morgan fingerprint density at radius 1 is 1.15 bits per heavy atom. The lowest BCUT2D eigenvalue weighted by atomic mass is 10.1. The fraction of sp³-hybridized carbons (Fsp3) is 0.571. The van der Waals surface area contributed by atoms with E-state index in [2.05, 4.69) is 65.2 Å². The summed E-state index contributed by atoms with van der Waals surface area (Å²) in [6.07, 6.45) is 4.65. The highest BCUT2D eigenvalue weighted by molar-refractivity contribution is 7.14. The van der Waals surface area contributed by atoms with Gasteiger partial charge in [0.1, 0.15) is 5.82 Å². The van der Waals surface area contributed by atoms with Crippen LogP contribution in [0.15, 0.2) is 41.9 Å². The zero-order valence-electron chi connectivity index (χ0n) is 16.2. The van der Waals surface area contributed by atoms with Gasteiger partial charge in [-0.2, -0.15) is 0 Å². The minimum Gasteiger partial charge on any atom is -0.377 e. The summed E-state index contributed by atoms with van der Waals surface area (Å²) in [5.41, 5.74) is 0. The maximum absolute atomic E-state index is 6.25. The Labute approximate surface area is 161 Å². The van der Waals surface area contributed by atoms with Gasteiger partial charge in [0.15, 0.2) is 0 Å². The van der Waals surface area contributed by atoms with E-state index in [1.54, 1.807) is 11.3 Å². The predicted molar refractivity (Wildman–Crippen MR) is 110 cm³/mol. The van der Waals surface area contributed by atoms with Crippen LogP contribution in [0, 0.1) is 5.92 Å². The maximum Gasteiger partial charge on any atom is 0.133 e. The summed E-state index contributed by atoms with van der Waals surface area (Å²) in [6.45, 7) is 10.7. The first-order valence-corrected chi connectivity index (χ1v) is 10.6. The van der Waals surface area contributed by atoms with Crippen molar-refractivity contribution in [3.05, 3.63) is 41.9 Å². The smallest absolute Gasteiger partial charge is 0.133 e. The van der Waals surface area contributed by atoms with Crippen LogP contribution in [-0.2, 0) is 4.74 Å². The van der Waals surface area contributed by atoms with Crippen LogP contribution in [0.4, 0.5) is 10.8 Å². The van der Waals surface area contributed by atoms with Crippen molar-refractivity contribution in [2.24, 2.45) is 5.92 Å². The molecule has 0 aliphatic carbocycles. The molecule has 0 saturated carbocycles. The van der Waals surface area contributed by atoms with Crippen LogP contribution in [0.25, 0.3) is 0 Å². The molecule has 2 unspecified atom stereocenters. The summed E-state index contributed by atoms with van der Waals surface area (Å²) in [7, 11) is 0. The average Bonchev–Trinajstić information content (AvgIpc) is 3.35. The fourth-order valence-electron chi connectivity index (χ4n) is 3.51. The van der Waals surface area contributed by atoms with E-state index in [4.69, 9.17) is 4.74 Å². The Bertz CT molecular complexity index is 626. The molecule has 0 aromatic carbocycles. The van der Waals surface area contributed by atoms with Gasteiger partial charge in [-0.3, -0.25) is 4.90 Å². The number of rotatable bonds is 9. The van der Waals surface area contributed by atoms with Crippen LogP contribution in [0.1, 0.15) is 33.6 Å². The molecule has 26 heavy (non-hydrogen) atoms. The Balaban J connectivity index is 1.81. The predicted octanol–water partition coefficient (Wildman–Crippen LogP) is 4.81. The quantitative estimate of drug-likeness (QED) is 0.631. The van der Waals surface area contributed by atoms with E-state index in [9.17, 15) is 0 Å². The summed E-state index contributed by atoms with van der Waals surface area (Å²) >= 11 is 1.77. The molecule has 3 heterocycles. The molecule has 4 nitrogen and oxygen atoms in total. The highest BCUT2D eigenvalue weighted by atomic mass is 32.1. The molecular formula is C21H31N3OS. The van der Waals surface area contributed by atoms with Crippen LogP contribution < -0.4 is 4.90 Å². The van der Waals surface area contributed by atoms with Gasteiger partial charge >= 0.3 is 0 Å². The Morgan fingerprint density at radius 3 is 2.58 bits per heavy atom. The van der Waals surface area contributed by atoms with Crippen molar-refractivity contribution in [1.82, 2.24) is 9.88 Å². The Morgan fingerprint density at radius 2 is 1.96 bits per heavy atom. The van der Waals surface area contributed by atoms with E-state index < -0.39 is 0 Å². The molecule has 0 radical (unpaired) electrons. The Hall–Kier alpha value is -1.43. The van der Waals surface area contributed by atoms with Crippen molar-refractivity contribution in [2.45, 2.75) is 45.8 Å².